The zero-order valence-electron chi connectivity index (χ0n) is 18.2. The monoisotopic (exact) mass is 409 g/mol. The second-order valence-electron chi connectivity index (χ2n) is 7.13. The molecular weight excluding hydrogens is 382 g/mol. The van der Waals surface area contributed by atoms with Gasteiger partial charge in [-0.2, -0.15) is 4.98 Å². The second-order valence-corrected chi connectivity index (χ2v) is 7.13. The minimum absolute atomic E-state index is 0.329. The Balaban J connectivity index is 1.89. The number of nitrogens with one attached hydrogen (secondary N) is 2. The average Bonchev–Trinajstić information content (AvgIpc) is 2.71. The number of aryl methyl sites for hydroxylation is 1. The van der Waals surface area contributed by atoms with E-state index in [-0.39, 0.29) is 5.56 Å². The summed E-state index contributed by atoms with van der Waals surface area (Å²) in [5.74, 6) is 2.39. The number of fused-ring (bicyclic) bond motifs is 1. The molecule has 0 aliphatic rings. The average molecular weight is 409 g/mol. The molecule has 158 valence electrons. The fraction of sp³-hybridized carbons (Fsp3) is 0.318. The van der Waals surface area contributed by atoms with E-state index in [2.05, 4.69) is 20.3 Å². The molecule has 3 rings (SSSR count). The first kappa shape index (κ1) is 21.2. The Morgan fingerprint density at radius 3 is 2.67 bits per heavy atom. The van der Waals surface area contributed by atoms with Crippen LogP contribution < -0.4 is 20.3 Å². The van der Waals surface area contributed by atoms with Gasteiger partial charge in [0.05, 0.1) is 30.8 Å². The highest BCUT2D eigenvalue weighted by atomic mass is 16.5. The molecule has 0 saturated carbocycles. The number of benzene rings is 2. The third-order valence-corrected chi connectivity index (χ3v) is 4.90. The Labute approximate surface area is 175 Å². The summed E-state index contributed by atoms with van der Waals surface area (Å²) in [6.07, 6.45) is 0. The molecule has 0 spiro atoms. The summed E-state index contributed by atoms with van der Waals surface area (Å²) >= 11 is 0. The van der Waals surface area contributed by atoms with Crippen LogP contribution in [0.5, 0.6) is 11.5 Å². The normalized spacial score (nSPS) is 11.5. The lowest BCUT2D eigenvalue weighted by Gasteiger charge is -2.14. The molecule has 1 aromatic heterocycles. The Kier molecular flexibility index (Phi) is 6.25. The molecule has 2 N–H and O–H groups in total. The zero-order chi connectivity index (χ0) is 21.8. The summed E-state index contributed by atoms with van der Waals surface area (Å²) in [5, 5.41) is 3.67. The van der Waals surface area contributed by atoms with Gasteiger partial charge in [-0.15, -0.1) is 0 Å². The topological polar surface area (TPSA) is 91.8 Å². The van der Waals surface area contributed by atoms with Gasteiger partial charge in [-0.3, -0.25) is 4.79 Å². The highest BCUT2D eigenvalue weighted by Crippen LogP contribution is 2.35. The van der Waals surface area contributed by atoms with E-state index in [1.807, 2.05) is 57.1 Å². The van der Waals surface area contributed by atoms with Crippen LogP contribution >= 0.6 is 0 Å². The first-order chi connectivity index (χ1) is 14.3. The molecule has 30 heavy (non-hydrogen) atoms. The largest absolute Gasteiger partial charge is 0.493 e. The molecule has 0 atom stereocenters. The van der Waals surface area contributed by atoms with Crippen LogP contribution in [0, 0.1) is 6.92 Å². The number of rotatable bonds is 6. The highest BCUT2D eigenvalue weighted by molar-refractivity contribution is 5.86. The lowest BCUT2D eigenvalue weighted by Crippen LogP contribution is -2.17. The van der Waals surface area contributed by atoms with E-state index in [0.717, 1.165) is 17.1 Å². The van der Waals surface area contributed by atoms with Crippen LogP contribution in [0.15, 0.2) is 40.1 Å². The molecule has 2 aromatic carbocycles. The van der Waals surface area contributed by atoms with Gasteiger partial charge >= 0.3 is 0 Å². The Morgan fingerprint density at radius 1 is 1.23 bits per heavy atom. The number of aromatic amines is 1. The molecule has 0 aliphatic carbocycles. The van der Waals surface area contributed by atoms with Crippen LogP contribution in [-0.2, 0) is 6.54 Å². The fourth-order valence-corrected chi connectivity index (χ4v) is 3.15. The van der Waals surface area contributed by atoms with Gasteiger partial charge in [0.2, 0.25) is 5.95 Å². The van der Waals surface area contributed by atoms with E-state index in [1.165, 1.54) is 0 Å². The SMILES string of the molecule is COc1cc2[nH]c(NCc3cccc(/N=C(\C)N(C)C)c3)nc(=O)c2c(C)c1OC. The van der Waals surface area contributed by atoms with Crippen LogP contribution in [0.4, 0.5) is 11.6 Å². The van der Waals surface area contributed by atoms with Crippen LogP contribution in [-0.4, -0.2) is 49.0 Å². The number of anilines is 1. The van der Waals surface area contributed by atoms with Crippen LogP contribution in [0.25, 0.3) is 10.9 Å². The van der Waals surface area contributed by atoms with Crippen molar-refractivity contribution in [2.24, 2.45) is 4.99 Å². The van der Waals surface area contributed by atoms with E-state index in [9.17, 15) is 4.79 Å². The molecule has 8 heteroatoms. The quantitative estimate of drug-likeness (QED) is 0.478. The standard InChI is InChI=1S/C22H27N5O3/c1-13-19-17(11-18(29-5)20(13)30-6)25-22(26-21(19)28)23-12-15-8-7-9-16(10-15)24-14(2)27(3)4/h7-11H,12H2,1-6H3,(H2,23,25,26,28)/b24-14+. The lowest BCUT2D eigenvalue weighted by molar-refractivity contribution is 0.354. The number of methoxy groups -OCH3 is 2. The molecular formula is C22H27N5O3. The number of hydrogen-bond donors (Lipinski definition) is 2. The Hall–Kier alpha value is -3.55. The van der Waals surface area contributed by atoms with Gasteiger partial charge in [0.1, 0.15) is 5.84 Å². The maximum absolute atomic E-state index is 12.6. The lowest BCUT2D eigenvalue weighted by atomic mass is 10.1. The molecule has 3 aromatic rings. The van der Waals surface area contributed by atoms with Gasteiger partial charge in [-0.1, -0.05) is 12.1 Å². The number of aliphatic imine (C=N–C) groups is 1. The van der Waals surface area contributed by atoms with E-state index in [0.29, 0.717) is 40.5 Å². The van der Waals surface area contributed by atoms with E-state index in [1.54, 1.807) is 20.3 Å². The highest BCUT2D eigenvalue weighted by Gasteiger charge is 2.15. The van der Waals surface area contributed by atoms with Gasteiger partial charge in [-0.05, 0) is 31.5 Å². The molecule has 1 heterocycles. The molecule has 0 radical (unpaired) electrons. The molecule has 0 fully saturated rings. The molecule has 0 amide bonds. The maximum atomic E-state index is 12.6. The predicted molar refractivity (Wildman–Crippen MR) is 120 cm³/mol. The summed E-state index contributed by atoms with van der Waals surface area (Å²) in [5.41, 5.74) is 2.88. The molecule has 0 bridgehead atoms. The van der Waals surface area contributed by atoms with Crippen molar-refractivity contribution in [1.82, 2.24) is 14.9 Å². The van der Waals surface area contributed by atoms with Crippen molar-refractivity contribution in [2.45, 2.75) is 20.4 Å². The number of ether oxygens (including phenoxy) is 2. The van der Waals surface area contributed by atoms with Crippen molar-refractivity contribution >= 4 is 28.4 Å². The van der Waals surface area contributed by atoms with Crippen LogP contribution in [0.3, 0.4) is 0 Å². The number of nitrogens with zero attached hydrogens (tertiary/aromatic N) is 3. The summed E-state index contributed by atoms with van der Waals surface area (Å²) in [7, 11) is 7.03. The predicted octanol–water partition coefficient (Wildman–Crippen LogP) is 3.47. The van der Waals surface area contributed by atoms with Crippen LogP contribution in [0.1, 0.15) is 18.1 Å². The number of hydrogen-bond acceptors (Lipinski definition) is 6. The first-order valence-electron chi connectivity index (χ1n) is 9.55. The third kappa shape index (κ3) is 4.37. The fourth-order valence-electron chi connectivity index (χ4n) is 3.15. The maximum Gasteiger partial charge on any atom is 0.282 e. The summed E-state index contributed by atoms with van der Waals surface area (Å²) in [4.78, 5) is 26.5. The van der Waals surface area contributed by atoms with Gasteiger partial charge < -0.3 is 24.7 Å². The van der Waals surface area contributed by atoms with Gasteiger partial charge in [0.25, 0.3) is 5.56 Å². The second kappa shape index (κ2) is 8.86. The summed E-state index contributed by atoms with van der Waals surface area (Å²) in [6.45, 7) is 4.26. The minimum Gasteiger partial charge on any atom is -0.493 e. The van der Waals surface area contributed by atoms with Gasteiger partial charge in [-0.25, -0.2) is 4.99 Å². The van der Waals surface area contributed by atoms with Crippen molar-refractivity contribution in [2.75, 3.05) is 33.6 Å². The van der Waals surface area contributed by atoms with E-state index < -0.39 is 0 Å². The zero-order valence-corrected chi connectivity index (χ0v) is 18.2. The van der Waals surface area contributed by atoms with Crippen LogP contribution in [0.2, 0.25) is 0 Å². The number of H-pyrrole nitrogens is 1. The minimum atomic E-state index is -0.329. The number of amidine groups is 1. The third-order valence-electron chi connectivity index (χ3n) is 4.90. The summed E-state index contributed by atoms with van der Waals surface area (Å²) < 4.78 is 10.8. The Bertz CT molecular complexity index is 1150. The smallest absolute Gasteiger partial charge is 0.282 e. The molecule has 0 saturated heterocycles. The van der Waals surface area contributed by atoms with Crippen molar-refractivity contribution in [3.63, 3.8) is 0 Å². The first-order valence-corrected chi connectivity index (χ1v) is 9.55. The molecule has 0 unspecified atom stereocenters. The van der Waals surface area contributed by atoms with E-state index >= 15 is 0 Å². The van der Waals surface area contributed by atoms with Crippen molar-refractivity contribution in [3.05, 3.63) is 51.8 Å². The number of aromatic nitrogens is 2. The van der Waals surface area contributed by atoms with Gasteiger partial charge in [0, 0.05) is 32.3 Å². The van der Waals surface area contributed by atoms with Crippen molar-refractivity contribution < 1.29 is 9.47 Å². The van der Waals surface area contributed by atoms with Gasteiger partial charge in [0.15, 0.2) is 11.5 Å². The molecule has 0 aliphatic heterocycles. The Morgan fingerprint density at radius 2 is 2.00 bits per heavy atom. The molecule has 8 nitrogen and oxygen atoms in total. The summed E-state index contributed by atoms with van der Waals surface area (Å²) in [6, 6.07) is 9.64. The van der Waals surface area contributed by atoms with E-state index in [4.69, 9.17) is 9.47 Å². The van der Waals surface area contributed by atoms with Crippen molar-refractivity contribution in [1.29, 1.82) is 0 Å². The van der Waals surface area contributed by atoms with Crippen molar-refractivity contribution in [3.8, 4) is 11.5 Å².